The first kappa shape index (κ1) is 16.0. The Morgan fingerprint density at radius 3 is 2.21 bits per heavy atom. The smallest absolute Gasteiger partial charge is 0.377 e. The fourth-order valence-corrected chi connectivity index (χ4v) is 0.621. The average molecular weight is 226 g/mol. The molecule has 0 aliphatic heterocycles. The van der Waals surface area contributed by atoms with E-state index in [-0.39, 0.29) is 0 Å². The van der Waals surface area contributed by atoms with Crippen LogP contribution < -0.4 is 0 Å². The van der Waals surface area contributed by atoms with Gasteiger partial charge in [-0.1, -0.05) is 25.8 Å². The number of unbranched alkanes of at least 4 members (excludes halogenated alkanes) is 2. The molecule has 0 atom stereocenters. The molecule has 0 aromatic heterocycles. The molecule has 0 fully saturated rings. The zero-order valence-electron chi connectivity index (χ0n) is 8.35. The fraction of sp³-hybridized carbons (Fsp3) is 0.750. The summed E-state index contributed by atoms with van der Waals surface area (Å²) in [5, 5.41) is 0. The summed E-state index contributed by atoms with van der Waals surface area (Å²) in [4.78, 5) is 0. The van der Waals surface area contributed by atoms with Crippen molar-refractivity contribution in [2.24, 2.45) is 0 Å². The van der Waals surface area contributed by atoms with Gasteiger partial charge >= 0.3 is 10.4 Å². The summed E-state index contributed by atoms with van der Waals surface area (Å²) in [5.74, 6) is 0. The van der Waals surface area contributed by atoms with Crippen molar-refractivity contribution in [3.8, 4) is 0 Å². The number of ether oxygens (including phenoxy) is 1. The van der Waals surface area contributed by atoms with Gasteiger partial charge in [-0.3, -0.25) is 9.11 Å². The molecule has 86 valence electrons. The van der Waals surface area contributed by atoms with E-state index in [4.69, 9.17) is 22.3 Å². The van der Waals surface area contributed by atoms with Gasteiger partial charge in [0.05, 0.1) is 6.61 Å². The molecule has 0 saturated heterocycles. The third kappa shape index (κ3) is 41.7. The highest BCUT2D eigenvalue weighted by atomic mass is 32.3. The van der Waals surface area contributed by atoms with Crippen LogP contribution in [0.5, 0.6) is 0 Å². The van der Waals surface area contributed by atoms with Crippen LogP contribution in [0.25, 0.3) is 0 Å². The van der Waals surface area contributed by atoms with Crippen molar-refractivity contribution in [2.75, 3.05) is 13.2 Å². The quantitative estimate of drug-likeness (QED) is 0.409. The predicted octanol–water partition coefficient (Wildman–Crippen LogP) is 1.73. The van der Waals surface area contributed by atoms with Gasteiger partial charge in [0.15, 0.2) is 0 Å². The van der Waals surface area contributed by atoms with Gasteiger partial charge in [-0.05, 0) is 6.42 Å². The van der Waals surface area contributed by atoms with Gasteiger partial charge in [0.2, 0.25) is 0 Å². The number of hydrogen-bond acceptors (Lipinski definition) is 3. The Morgan fingerprint density at radius 1 is 1.36 bits per heavy atom. The lowest BCUT2D eigenvalue weighted by atomic mass is 10.3. The Bertz CT molecular complexity index is 202. The van der Waals surface area contributed by atoms with Gasteiger partial charge in [0.1, 0.15) is 0 Å². The van der Waals surface area contributed by atoms with Crippen LogP contribution >= 0.6 is 0 Å². The molecule has 5 nitrogen and oxygen atoms in total. The zero-order chi connectivity index (χ0) is 11.4. The number of rotatable bonds is 6. The van der Waals surface area contributed by atoms with Crippen molar-refractivity contribution in [2.45, 2.75) is 26.2 Å². The maximum absolute atomic E-state index is 8.74. The third-order valence-corrected chi connectivity index (χ3v) is 1.13. The molecule has 0 bridgehead atoms. The van der Waals surface area contributed by atoms with E-state index in [0.717, 1.165) is 6.61 Å². The Balaban J connectivity index is 0. The summed E-state index contributed by atoms with van der Waals surface area (Å²) in [7, 11) is -4.67. The second-order valence-corrected chi connectivity index (χ2v) is 3.41. The highest BCUT2D eigenvalue weighted by molar-refractivity contribution is 7.79. The monoisotopic (exact) mass is 226 g/mol. The normalized spacial score (nSPS) is 10.2. The van der Waals surface area contributed by atoms with Crippen molar-refractivity contribution in [3.05, 3.63) is 12.7 Å². The lowest BCUT2D eigenvalue weighted by molar-refractivity contribution is 0.158. The minimum absolute atomic E-state index is 0.698. The first-order valence-corrected chi connectivity index (χ1v) is 5.70. The minimum Gasteiger partial charge on any atom is -0.377 e. The zero-order valence-corrected chi connectivity index (χ0v) is 9.16. The molecule has 0 saturated carbocycles. The fourth-order valence-electron chi connectivity index (χ4n) is 0.621. The topological polar surface area (TPSA) is 83.8 Å². The van der Waals surface area contributed by atoms with Crippen LogP contribution in [0.15, 0.2) is 12.7 Å². The van der Waals surface area contributed by atoms with Crippen LogP contribution in [0, 0.1) is 0 Å². The molecule has 0 rings (SSSR count). The van der Waals surface area contributed by atoms with Crippen molar-refractivity contribution in [1.82, 2.24) is 0 Å². The summed E-state index contributed by atoms with van der Waals surface area (Å²) in [6, 6.07) is 0. The summed E-state index contributed by atoms with van der Waals surface area (Å²) in [5.41, 5.74) is 0. The van der Waals surface area contributed by atoms with Crippen LogP contribution in [-0.4, -0.2) is 30.7 Å². The minimum atomic E-state index is -4.67. The standard InChI is InChI=1S/C8H16O.H2O4S/c1-3-5-6-8-9-7-4-2;1-5(2,3)4/h4H,2-3,5-8H2,1H3;(H2,1,2,3,4). The number of hydrogen-bond donors (Lipinski definition) is 2. The molecule has 6 heteroatoms. The Hall–Kier alpha value is -0.430. The van der Waals surface area contributed by atoms with Crippen LogP contribution in [0.3, 0.4) is 0 Å². The largest absolute Gasteiger partial charge is 0.394 e. The maximum atomic E-state index is 8.74. The summed E-state index contributed by atoms with van der Waals surface area (Å²) in [6.07, 6.45) is 5.50. The van der Waals surface area contributed by atoms with Crippen molar-refractivity contribution in [1.29, 1.82) is 0 Å². The van der Waals surface area contributed by atoms with Crippen LogP contribution in [-0.2, 0) is 15.1 Å². The summed E-state index contributed by atoms with van der Waals surface area (Å²) < 4.78 is 36.8. The summed E-state index contributed by atoms with van der Waals surface area (Å²) >= 11 is 0. The Labute approximate surface area is 85.4 Å². The molecule has 0 unspecified atom stereocenters. The van der Waals surface area contributed by atoms with E-state index in [1.165, 1.54) is 19.3 Å². The Morgan fingerprint density at radius 2 is 1.86 bits per heavy atom. The molecule has 0 radical (unpaired) electrons. The lowest BCUT2D eigenvalue weighted by Crippen LogP contribution is -1.92. The van der Waals surface area contributed by atoms with E-state index in [9.17, 15) is 0 Å². The van der Waals surface area contributed by atoms with Crippen LogP contribution in [0.1, 0.15) is 26.2 Å². The summed E-state index contributed by atoms with van der Waals surface area (Å²) in [6.45, 7) is 7.33. The van der Waals surface area contributed by atoms with Gasteiger partial charge in [0.25, 0.3) is 0 Å². The van der Waals surface area contributed by atoms with E-state index < -0.39 is 10.4 Å². The average Bonchev–Trinajstić information content (AvgIpc) is 2.01. The van der Waals surface area contributed by atoms with Crippen molar-refractivity contribution >= 4 is 10.4 Å². The molecular weight excluding hydrogens is 208 g/mol. The van der Waals surface area contributed by atoms with Gasteiger partial charge in [-0.2, -0.15) is 8.42 Å². The molecular formula is C8H18O5S. The van der Waals surface area contributed by atoms with Gasteiger partial charge in [-0.25, -0.2) is 0 Å². The van der Waals surface area contributed by atoms with Gasteiger partial charge in [0, 0.05) is 6.61 Å². The molecule has 0 aliphatic rings. The first-order chi connectivity index (χ1) is 6.41. The van der Waals surface area contributed by atoms with Crippen LogP contribution in [0.2, 0.25) is 0 Å². The van der Waals surface area contributed by atoms with E-state index in [1.54, 1.807) is 6.08 Å². The maximum Gasteiger partial charge on any atom is 0.394 e. The molecule has 14 heavy (non-hydrogen) atoms. The third-order valence-electron chi connectivity index (χ3n) is 1.13. The van der Waals surface area contributed by atoms with Crippen molar-refractivity contribution < 1.29 is 22.3 Å². The van der Waals surface area contributed by atoms with E-state index in [2.05, 4.69) is 13.5 Å². The SMILES string of the molecule is C=CCOCCCCC.O=S(=O)(O)O. The van der Waals surface area contributed by atoms with Gasteiger partial charge in [-0.15, -0.1) is 6.58 Å². The molecule has 2 N–H and O–H groups in total. The van der Waals surface area contributed by atoms with Gasteiger partial charge < -0.3 is 4.74 Å². The highest BCUT2D eigenvalue weighted by Gasteiger charge is 1.84. The van der Waals surface area contributed by atoms with Crippen LogP contribution in [0.4, 0.5) is 0 Å². The molecule has 0 amide bonds. The molecule has 0 spiro atoms. The predicted molar refractivity (Wildman–Crippen MR) is 54.7 cm³/mol. The molecule has 0 aromatic carbocycles. The second kappa shape index (κ2) is 10.6. The van der Waals surface area contributed by atoms with E-state index >= 15 is 0 Å². The highest BCUT2D eigenvalue weighted by Crippen LogP contribution is 1.93. The lowest BCUT2D eigenvalue weighted by Gasteiger charge is -1.97. The van der Waals surface area contributed by atoms with E-state index in [1.807, 2.05) is 0 Å². The first-order valence-electron chi connectivity index (χ1n) is 4.30. The van der Waals surface area contributed by atoms with E-state index in [0.29, 0.717) is 6.61 Å². The molecule has 0 aliphatic carbocycles. The second-order valence-electron chi connectivity index (χ2n) is 2.52. The van der Waals surface area contributed by atoms with Crippen molar-refractivity contribution in [3.63, 3.8) is 0 Å². The molecule has 0 heterocycles. The molecule has 0 aromatic rings. The Kier molecular flexibility index (Phi) is 12.2.